The van der Waals surface area contributed by atoms with Crippen LogP contribution in [-0.4, -0.2) is 44.4 Å². The minimum Gasteiger partial charge on any atom is -0.352 e. The van der Waals surface area contributed by atoms with E-state index in [0.29, 0.717) is 4.88 Å². The minimum atomic E-state index is -3.70. The maximum atomic E-state index is 12.0. The number of likely N-dealkylation sites (tertiary alicyclic amines) is 1. The first kappa shape index (κ1) is 15.3. The molecule has 3 rings (SSSR count). The van der Waals surface area contributed by atoms with Gasteiger partial charge in [0.25, 0.3) is 9.05 Å². The molecule has 0 bridgehead atoms. The number of hydrogen-bond acceptors (Lipinski definition) is 5. The summed E-state index contributed by atoms with van der Waals surface area (Å²) in [6, 6.07) is 4.04. The van der Waals surface area contributed by atoms with Gasteiger partial charge in [-0.05, 0) is 31.4 Å². The molecule has 1 unspecified atom stereocenters. The first-order chi connectivity index (χ1) is 9.91. The second-order valence-electron chi connectivity index (χ2n) is 5.61. The summed E-state index contributed by atoms with van der Waals surface area (Å²) in [6.07, 6.45) is 3.77. The molecule has 1 aromatic rings. The minimum absolute atomic E-state index is 0.0574. The van der Waals surface area contributed by atoms with E-state index >= 15 is 0 Å². The van der Waals surface area contributed by atoms with Crippen LogP contribution >= 0.6 is 22.0 Å². The Kier molecular flexibility index (Phi) is 4.27. The molecule has 2 aliphatic rings. The van der Waals surface area contributed by atoms with E-state index in [9.17, 15) is 13.2 Å². The smallest absolute Gasteiger partial charge is 0.270 e. The monoisotopic (exact) mass is 348 g/mol. The summed E-state index contributed by atoms with van der Waals surface area (Å²) >= 11 is 1.05. The van der Waals surface area contributed by atoms with E-state index in [1.807, 2.05) is 0 Å². The number of nitrogens with zero attached hydrogens (tertiary/aromatic N) is 1. The van der Waals surface area contributed by atoms with Crippen molar-refractivity contribution in [3.8, 4) is 0 Å². The molecule has 5 nitrogen and oxygen atoms in total. The zero-order valence-corrected chi connectivity index (χ0v) is 13.8. The fraction of sp³-hybridized carbons (Fsp3) is 0.615. The van der Waals surface area contributed by atoms with E-state index in [0.717, 1.165) is 36.9 Å². The Morgan fingerprint density at radius 2 is 2.14 bits per heavy atom. The van der Waals surface area contributed by atoms with Crippen molar-refractivity contribution in [2.75, 3.05) is 13.1 Å². The number of hydrogen-bond donors (Lipinski definition) is 1. The molecular formula is C13H17ClN2O3S2. The third-order valence-corrected chi connectivity index (χ3v) is 7.04. The van der Waals surface area contributed by atoms with E-state index in [1.165, 1.54) is 18.9 Å². The van der Waals surface area contributed by atoms with Crippen molar-refractivity contribution in [2.24, 2.45) is 0 Å². The lowest BCUT2D eigenvalue weighted by atomic mass is 10.2. The quantitative estimate of drug-likeness (QED) is 0.820. The first-order valence-corrected chi connectivity index (χ1v) is 10.1. The van der Waals surface area contributed by atoms with Crippen LogP contribution in [0.25, 0.3) is 0 Å². The number of amides is 1. The highest BCUT2D eigenvalue weighted by atomic mass is 35.7. The van der Waals surface area contributed by atoms with Crippen molar-refractivity contribution < 1.29 is 13.2 Å². The van der Waals surface area contributed by atoms with Gasteiger partial charge >= 0.3 is 0 Å². The SMILES string of the molecule is O=C(Cc1ccc(S(=O)(=O)Cl)s1)NC1CCN(C2CC2)C1. The summed E-state index contributed by atoms with van der Waals surface area (Å²) in [5.74, 6) is -0.0574. The molecule has 116 valence electrons. The zero-order chi connectivity index (χ0) is 15.0. The van der Waals surface area contributed by atoms with E-state index in [1.54, 1.807) is 6.07 Å². The number of rotatable bonds is 5. The summed E-state index contributed by atoms with van der Waals surface area (Å²) < 4.78 is 22.5. The average Bonchev–Trinajstić information content (AvgIpc) is 2.94. The van der Waals surface area contributed by atoms with Crippen LogP contribution in [0.1, 0.15) is 24.1 Å². The molecule has 2 heterocycles. The Labute approximate surface area is 132 Å². The highest BCUT2D eigenvalue weighted by molar-refractivity contribution is 8.15. The number of nitrogens with one attached hydrogen (secondary N) is 1. The van der Waals surface area contributed by atoms with E-state index in [2.05, 4.69) is 10.2 Å². The normalized spacial score (nSPS) is 23.4. The van der Waals surface area contributed by atoms with E-state index in [-0.39, 0.29) is 22.6 Å². The van der Waals surface area contributed by atoms with Crippen LogP contribution in [0.3, 0.4) is 0 Å². The molecule has 0 spiro atoms. The molecule has 0 aromatic carbocycles. The van der Waals surface area contributed by atoms with Crippen LogP contribution in [0.5, 0.6) is 0 Å². The van der Waals surface area contributed by atoms with Gasteiger partial charge in [0.15, 0.2) is 0 Å². The summed E-state index contributed by atoms with van der Waals surface area (Å²) in [4.78, 5) is 15.2. The molecule has 8 heteroatoms. The second-order valence-corrected chi connectivity index (χ2v) is 9.58. The fourth-order valence-corrected chi connectivity index (χ4v) is 4.82. The van der Waals surface area contributed by atoms with Crippen molar-refractivity contribution in [1.82, 2.24) is 10.2 Å². The van der Waals surface area contributed by atoms with Gasteiger partial charge in [0.2, 0.25) is 5.91 Å². The predicted octanol–water partition coefficient (Wildman–Crippen LogP) is 1.57. The molecular weight excluding hydrogens is 332 g/mol. The lowest BCUT2D eigenvalue weighted by molar-refractivity contribution is -0.121. The predicted molar refractivity (Wildman–Crippen MR) is 82.2 cm³/mol. The molecule has 1 saturated carbocycles. The molecule has 21 heavy (non-hydrogen) atoms. The average molecular weight is 349 g/mol. The third kappa shape index (κ3) is 3.97. The molecule has 1 aliphatic heterocycles. The Morgan fingerprint density at radius 3 is 2.76 bits per heavy atom. The summed E-state index contributed by atoms with van der Waals surface area (Å²) in [6.45, 7) is 1.99. The molecule has 1 amide bonds. The van der Waals surface area contributed by atoms with Crippen LogP contribution < -0.4 is 5.32 Å². The lowest BCUT2D eigenvalue weighted by Crippen LogP contribution is -2.38. The fourth-order valence-electron chi connectivity index (χ4n) is 2.70. The number of carbonyl (C=O) groups excluding carboxylic acids is 1. The Balaban J connectivity index is 1.51. The molecule has 2 fully saturated rings. The van der Waals surface area contributed by atoms with Gasteiger partial charge in [0.1, 0.15) is 4.21 Å². The Bertz CT molecular complexity index is 640. The Morgan fingerprint density at radius 1 is 1.38 bits per heavy atom. The van der Waals surface area contributed by atoms with E-state index in [4.69, 9.17) is 10.7 Å². The number of carbonyl (C=O) groups is 1. The topological polar surface area (TPSA) is 66.5 Å². The second kappa shape index (κ2) is 5.87. The number of halogens is 1. The van der Waals surface area contributed by atoms with Gasteiger partial charge in [-0.2, -0.15) is 0 Å². The summed E-state index contributed by atoms with van der Waals surface area (Å²) in [5.41, 5.74) is 0. The van der Waals surface area contributed by atoms with Crippen LogP contribution in [-0.2, 0) is 20.3 Å². The summed E-state index contributed by atoms with van der Waals surface area (Å²) in [5, 5.41) is 3.03. The van der Waals surface area contributed by atoms with E-state index < -0.39 is 9.05 Å². The molecule has 1 N–H and O–H groups in total. The standard InChI is InChI=1S/C13H17ClN2O3S2/c14-21(18,19)13-4-3-11(20-13)7-12(17)15-9-5-6-16(8-9)10-1-2-10/h3-4,9-10H,1-2,5-8H2,(H,15,17). The maximum Gasteiger partial charge on any atom is 0.270 e. The zero-order valence-electron chi connectivity index (χ0n) is 11.4. The molecule has 1 atom stereocenters. The van der Waals surface area contributed by atoms with Gasteiger partial charge in [0, 0.05) is 40.7 Å². The Hall–Kier alpha value is -0.630. The van der Waals surface area contributed by atoms with Crippen LogP contribution in [0, 0.1) is 0 Å². The maximum absolute atomic E-state index is 12.0. The van der Waals surface area contributed by atoms with Crippen molar-refractivity contribution in [2.45, 2.75) is 42.0 Å². The molecule has 1 aliphatic carbocycles. The number of thiophene rings is 1. The van der Waals surface area contributed by atoms with Gasteiger partial charge in [-0.25, -0.2) is 8.42 Å². The highest BCUT2D eigenvalue weighted by Gasteiger charge is 2.34. The lowest BCUT2D eigenvalue weighted by Gasteiger charge is -2.15. The van der Waals surface area contributed by atoms with Gasteiger partial charge in [-0.15, -0.1) is 11.3 Å². The van der Waals surface area contributed by atoms with Gasteiger partial charge in [0.05, 0.1) is 6.42 Å². The van der Waals surface area contributed by atoms with Crippen LogP contribution in [0.15, 0.2) is 16.3 Å². The van der Waals surface area contributed by atoms with Gasteiger partial charge < -0.3 is 5.32 Å². The van der Waals surface area contributed by atoms with Crippen molar-refractivity contribution in [3.63, 3.8) is 0 Å². The van der Waals surface area contributed by atoms with Gasteiger partial charge in [-0.1, -0.05) is 0 Å². The summed E-state index contributed by atoms with van der Waals surface area (Å²) in [7, 11) is 1.58. The highest BCUT2D eigenvalue weighted by Crippen LogP contribution is 2.30. The van der Waals surface area contributed by atoms with Gasteiger partial charge in [-0.3, -0.25) is 9.69 Å². The molecule has 0 radical (unpaired) electrons. The molecule has 1 saturated heterocycles. The van der Waals surface area contributed by atoms with Crippen LogP contribution in [0.2, 0.25) is 0 Å². The largest absolute Gasteiger partial charge is 0.352 e. The first-order valence-electron chi connectivity index (χ1n) is 6.98. The van der Waals surface area contributed by atoms with Crippen molar-refractivity contribution in [3.05, 3.63) is 17.0 Å². The molecule has 1 aromatic heterocycles. The third-order valence-electron chi connectivity index (χ3n) is 3.86. The van der Waals surface area contributed by atoms with Crippen molar-refractivity contribution in [1.29, 1.82) is 0 Å². The van der Waals surface area contributed by atoms with Crippen LogP contribution in [0.4, 0.5) is 0 Å². The van der Waals surface area contributed by atoms with Crippen molar-refractivity contribution >= 4 is 37.0 Å².